The van der Waals surface area contributed by atoms with E-state index in [2.05, 4.69) is 10.0 Å². The van der Waals surface area contributed by atoms with Gasteiger partial charge in [-0.2, -0.15) is 0 Å². The van der Waals surface area contributed by atoms with Crippen LogP contribution in [0.2, 0.25) is 0 Å². The van der Waals surface area contributed by atoms with Crippen molar-refractivity contribution >= 4 is 12.4 Å². The molecule has 0 unspecified atom stereocenters. The molecule has 0 spiro atoms. The van der Waals surface area contributed by atoms with E-state index in [1.807, 2.05) is 0 Å². The van der Waals surface area contributed by atoms with Crippen LogP contribution in [0.25, 0.3) is 16.5 Å². The molecule has 0 aliphatic carbocycles. The highest BCUT2D eigenvalue weighted by Crippen LogP contribution is 2.12. The number of aldehydes is 1. The van der Waals surface area contributed by atoms with E-state index >= 15 is 0 Å². The van der Waals surface area contributed by atoms with Crippen LogP contribution in [0.1, 0.15) is 11.3 Å². The number of hydrogen-bond acceptors (Lipinski definition) is 3. The molecule has 0 amide bonds. The van der Waals surface area contributed by atoms with Crippen molar-refractivity contribution in [3.8, 4) is 0 Å². The molecule has 0 N–H and O–H groups in total. The van der Waals surface area contributed by atoms with E-state index in [4.69, 9.17) is 9.95 Å². The molecular formula is C8H6FN3O2. The van der Waals surface area contributed by atoms with Crippen molar-refractivity contribution in [1.82, 2.24) is 0 Å². The number of halogens is 1. The first-order chi connectivity index (χ1) is 6.80. The molecule has 0 bridgehead atoms. The molecule has 0 fully saturated rings. The van der Waals surface area contributed by atoms with Crippen molar-refractivity contribution in [1.29, 1.82) is 0 Å². The molecule has 0 aliphatic heterocycles. The van der Waals surface area contributed by atoms with Gasteiger partial charge in [0.05, 0.1) is 12.0 Å². The van der Waals surface area contributed by atoms with E-state index in [1.54, 1.807) is 0 Å². The molecular weight excluding hydrogens is 189 g/mol. The second-order valence-electron chi connectivity index (χ2n) is 2.37. The number of furan rings is 1. The van der Waals surface area contributed by atoms with Crippen LogP contribution >= 0.6 is 0 Å². The van der Waals surface area contributed by atoms with E-state index < -0.39 is 6.67 Å². The molecule has 5 nitrogen and oxygen atoms in total. The topological polar surface area (TPSA) is 79.0 Å². The Morgan fingerprint density at radius 3 is 3.07 bits per heavy atom. The van der Waals surface area contributed by atoms with Gasteiger partial charge in [-0.15, -0.1) is 0 Å². The summed E-state index contributed by atoms with van der Waals surface area (Å²) in [5, 5.41) is 3.09. The number of alkyl halides is 1. The number of carbonyl (C=O) groups excluding carboxylic acids is 1. The minimum Gasteiger partial charge on any atom is -0.465 e. The Balaban J connectivity index is 2.93. The highest BCUT2D eigenvalue weighted by atomic mass is 19.1. The molecule has 6 heteroatoms. The second kappa shape index (κ2) is 4.84. The number of hydrogen-bond donors (Lipinski definition) is 0. The lowest BCUT2D eigenvalue weighted by Gasteiger charge is -1.84. The van der Waals surface area contributed by atoms with Gasteiger partial charge in [0.15, 0.2) is 6.29 Å². The molecule has 1 heterocycles. The SMILES string of the molecule is [N-]=[N+]=N/C(C=O)=C\c1cc(CF)co1. The monoisotopic (exact) mass is 195 g/mol. The Hall–Kier alpha value is -2.07. The number of rotatable bonds is 4. The predicted molar refractivity (Wildman–Crippen MR) is 46.7 cm³/mol. The zero-order valence-electron chi connectivity index (χ0n) is 7.05. The zero-order valence-corrected chi connectivity index (χ0v) is 7.05. The summed E-state index contributed by atoms with van der Waals surface area (Å²) in [6, 6.07) is 1.41. The average Bonchev–Trinajstić information content (AvgIpc) is 2.65. The molecule has 1 rings (SSSR count). The molecule has 0 radical (unpaired) electrons. The molecule has 0 aliphatic rings. The first-order valence-corrected chi connectivity index (χ1v) is 3.65. The van der Waals surface area contributed by atoms with E-state index in [1.165, 1.54) is 18.4 Å². The standard InChI is InChI=1S/C8H6FN3O2/c9-3-6-1-8(14-5-6)2-7(4-13)11-12-10/h1-2,4-5H,3H2/b7-2-. The lowest BCUT2D eigenvalue weighted by molar-refractivity contribution is -0.104. The van der Waals surface area contributed by atoms with E-state index in [-0.39, 0.29) is 11.5 Å². The van der Waals surface area contributed by atoms with Gasteiger partial charge in [-0.1, -0.05) is 5.11 Å². The summed E-state index contributed by atoms with van der Waals surface area (Å²) < 4.78 is 16.9. The first-order valence-electron chi connectivity index (χ1n) is 3.65. The van der Waals surface area contributed by atoms with Crippen molar-refractivity contribution in [2.45, 2.75) is 6.67 Å². The summed E-state index contributed by atoms with van der Waals surface area (Å²) in [5.41, 5.74) is 8.31. The largest absolute Gasteiger partial charge is 0.465 e. The molecule has 1 aromatic heterocycles. The van der Waals surface area contributed by atoms with Crippen molar-refractivity contribution in [2.24, 2.45) is 5.11 Å². The average molecular weight is 195 g/mol. The molecule has 0 aromatic carbocycles. The van der Waals surface area contributed by atoms with Crippen LogP contribution in [-0.2, 0) is 11.5 Å². The predicted octanol–water partition coefficient (Wildman–Crippen LogP) is 2.60. The lowest BCUT2D eigenvalue weighted by atomic mass is 10.3. The highest BCUT2D eigenvalue weighted by molar-refractivity contribution is 5.80. The fraction of sp³-hybridized carbons (Fsp3) is 0.125. The Bertz CT molecular complexity index is 404. The van der Waals surface area contributed by atoms with Crippen molar-refractivity contribution < 1.29 is 13.6 Å². The fourth-order valence-electron chi connectivity index (χ4n) is 0.824. The fourth-order valence-corrected chi connectivity index (χ4v) is 0.824. The second-order valence-corrected chi connectivity index (χ2v) is 2.37. The molecule has 14 heavy (non-hydrogen) atoms. The van der Waals surface area contributed by atoms with Gasteiger partial charge < -0.3 is 4.42 Å². The van der Waals surface area contributed by atoms with Crippen LogP contribution in [0.4, 0.5) is 4.39 Å². The quantitative estimate of drug-likeness (QED) is 0.243. The summed E-state index contributed by atoms with van der Waals surface area (Å²) >= 11 is 0. The van der Waals surface area contributed by atoms with Gasteiger partial charge in [0.1, 0.15) is 12.4 Å². The Labute approximate surface area is 78.5 Å². The van der Waals surface area contributed by atoms with Gasteiger partial charge in [-0.05, 0) is 17.7 Å². The summed E-state index contributed by atoms with van der Waals surface area (Å²) in [6.45, 7) is -0.644. The third kappa shape index (κ3) is 2.46. The zero-order chi connectivity index (χ0) is 10.4. The maximum Gasteiger partial charge on any atom is 0.152 e. The van der Waals surface area contributed by atoms with E-state index in [0.717, 1.165) is 0 Å². The molecule has 72 valence electrons. The third-order valence-electron chi connectivity index (χ3n) is 1.40. The minimum atomic E-state index is -0.644. The number of allylic oxidation sites excluding steroid dienone is 1. The van der Waals surface area contributed by atoms with Gasteiger partial charge in [0, 0.05) is 10.5 Å². The van der Waals surface area contributed by atoms with E-state index in [0.29, 0.717) is 11.8 Å². The van der Waals surface area contributed by atoms with Crippen LogP contribution in [0, 0.1) is 0 Å². The Kier molecular flexibility index (Phi) is 3.46. The summed E-state index contributed by atoms with van der Waals surface area (Å²) in [5.74, 6) is 0.271. The van der Waals surface area contributed by atoms with Crippen molar-refractivity contribution in [3.63, 3.8) is 0 Å². The number of carbonyl (C=O) groups is 1. The Morgan fingerprint density at radius 2 is 2.57 bits per heavy atom. The van der Waals surface area contributed by atoms with Crippen molar-refractivity contribution in [2.75, 3.05) is 0 Å². The summed E-state index contributed by atoms with van der Waals surface area (Å²) in [4.78, 5) is 12.8. The van der Waals surface area contributed by atoms with Gasteiger partial charge in [-0.25, -0.2) is 4.39 Å². The van der Waals surface area contributed by atoms with Gasteiger partial charge in [0.25, 0.3) is 0 Å². The molecule has 0 saturated carbocycles. The van der Waals surface area contributed by atoms with Gasteiger partial charge in [-0.3, -0.25) is 4.79 Å². The van der Waals surface area contributed by atoms with Crippen LogP contribution in [0.3, 0.4) is 0 Å². The molecule has 0 atom stereocenters. The minimum absolute atomic E-state index is 0.118. The third-order valence-corrected chi connectivity index (χ3v) is 1.40. The maximum atomic E-state index is 12.1. The number of azide groups is 1. The first kappa shape index (κ1) is 10.0. The van der Waals surface area contributed by atoms with Gasteiger partial charge in [0.2, 0.25) is 0 Å². The van der Waals surface area contributed by atoms with Gasteiger partial charge >= 0.3 is 0 Å². The summed E-state index contributed by atoms with van der Waals surface area (Å²) in [6.07, 6.45) is 2.84. The van der Waals surface area contributed by atoms with Crippen LogP contribution in [0.15, 0.2) is 27.6 Å². The maximum absolute atomic E-state index is 12.1. The van der Waals surface area contributed by atoms with E-state index in [9.17, 15) is 9.18 Å². The van der Waals surface area contributed by atoms with Crippen LogP contribution < -0.4 is 0 Å². The normalized spacial score (nSPS) is 10.8. The summed E-state index contributed by atoms with van der Waals surface area (Å²) in [7, 11) is 0. The molecule has 1 aromatic rings. The smallest absolute Gasteiger partial charge is 0.152 e. The highest BCUT2D eigenvalue weighted by Gasteiger charge is 1.99. The Morgan fingerprint density at radius 1 is 1.79 bits per heavy atom. The number of nitrogens with zero attached hydrogens (tertiary/aromatic N) is 3. The lowest BCUT2D eigenvalue weighted by Crippen LogP contribution is -1.76. The van der Waals surface area contributed by atoms with Crippen molar-refractivity contribution in [3.05, 3.63) is 39.8 Å². The van der Waals surface area contributed by atoms with Crippen LogP contribution in [-0.4, -0.2) is 6.29 Å². The van der Waals surface area contributed by atoms with Crippen LogP contribution in [0.5, 0.6) is 0 Å². The molecule has 0 saturated heterocycles.